The summed E-state index contributed by atoms with van der Waals surface area (Å²) in [4.78, 5) is 0.557. The molecule has 1 aromatic heterocycles. The van der Waals surface area contributed by atoms with Gasteiger partial charge in [-0.15, -0.1) is 11.3 Å². The van der Waals surface area contributed by atoms with Gasteiger partial charge in [-0.05, 0) is 36.6 Å². The van der Waals surface area contributed by atoms with Crippen molar-refractivity contribution in [1.82, 2.24) is 4.72 Å². The van der Waals surface area contributed by atoms with Crippen LogP contribution < -0.4 is 4.72 Å². The molecule has 2 aromatic rings. The molecule has 0 saturated heterocycles. The van der Waals surface area contributed by atoms with Gasteiger partial charge in [0.15, 0.2) is 0 Å². The molecule has 0 amide bonds. The lowest BCUT2D eigenvalue weighted by molar-refractivity contribution is 0.0666. The molecule has 1 aromatic carbocycles. The molecule has 2 N–H and O–H groups in total. The third-order valence-corrected chi connectivity index (χ3v) is 6.08. The van der Waals surface area contributed by atoms with Gasteiger partial charge in [0.1, 0.15) is 10.5 Å². The van der Waals surface area contributed by atoms with Crippen LogP contribution in [0.3, 0.4) is 0 Å². The predicted molar refractivity (Wildman–Crippen MR) is 85.5 cm³/mol. The van der Waals surface area contributed by atoms with E-state index in [1.54, 1.807) is 19.1 Å². The molecule has 8 heteroatoms. The Bertz CT molecular complexity index is 728. The molecular weight excluding hydrogens is 353 g/mol. The van der Waals surface area contributed by atoms with Crippen molar-refractivity contribution in [3.63, 3.8) is 0 Å². The lowest BCUT2D eigenvalue weighted by Crippen LogP contribution is -2.38. The minimum atomic E-state index is -3.86. The largest absolute Gasteiger partial charge is 0.383 e. The zero-order valence-corrected chi connectivity index (χ0v) is 14.2. The predicted octanol–water partition coefficient (Wildman–Crippen LogP) is 3.24. The average molecular weight is 366 g/mol. The van der Waals surface area contributed by atoms with Crippen molar-refractivity contribution in [3.8, 4) is 0 Å². The second kappa shape index (κ2) is 6.24. The van der Waals surface area contributed by atoms with Crippen molar-refractivity contribution < 1.29 is 13.5 Å². The van der Waals surface area contributed by atoms with Gasteiger partial charge < -0.3 is 5.11 Å². The summed E-state index contributed by atoms with van der Waals surface area (Å²) in [5.74, 6) is 0. The Balaban J connectivity index is 2.21. The van der Waals surface area contributed by atoms with Gasteiger partial charge in [0, 0.05) is 16.4 Å². The lowest BCUT2D eigenvalue weighted by Gasteiger charge is -2.22. The number of hydrogen-bond acceptors (Lipinski definition) is 4. The summed E-state index contributed by atoms with van der Waals surface area (Å²) >= 11 is 13.0. The standard InChI is InChI=1S/C13H13Cl2NO3S2/c1-13(17,12-3-2-6-20-12)8-16-21(18,19)11-7-9(14)4-5-10(11)15/h2-7,16-17H,8H2,1H3. The highest BCUT2D eigenvalue weighted by Crippen LogP contribution is 2.27. The van der Waals surface area contributed by atoms with Crippen LogP contribution in [-0.2, 0) is 15.6 Å². The van der Waals surface area contributed by atoms with E-state index in [-0.39, 0.29) is 21.5 Å². The van der Waals surface area contributed by atoms with E-state index in [1.807, 2.05) is 5.38 Å². The topological polar surface area (TPSA) is 66.4 Å². The second-order valence-corrected chi connectivity index (χ2v) is 8.18. The van der Waals surface area contributed by atoms with Crippen LogP contribution in [0.1, 0.15) is 11.8 Å². The Morgan fingerprint density at radius 1 is 1.33 bits per heavy atom. The van der Waals surface area contributed by atoms with Crippen LogP contribution in [0, 0.1) is 0 Å². The van der Waals surface area contributed by atoms with Crippen LogP contribution in [0.2, 0.25) is 10.0 Å². The monoisotopic (exact) mass is 365 g/mol. The van der Waals surface area contributed by atoms with Crippen LogP contribution in [0.4, 0.5) is 0 Å². The number of benzene rings is 1. The Kier molecular flexibility index (Phi) is 4.97. The van der Waals surface area contributed by atoms with Gasteiger partial charge in [0.2, 0.25) is 10.0 Å². The molecular formula is C13H13Cl2NO3S2. The summed E-state index contributed by atoms with van der Waals surface area (Å²) < 4.78 is 26.9. The molecule has 114 valence electrons. The first-order chi connectivity index (χ1) is 9.72. The molecule has 0 saturated carbocycles. The molecule has 1 unspecified atom stereocenters. The minimum Gasteiger partial charge on any atom is -0.383 e. The third kappa shape index (κ3) is 3.97. The third-order valence-electron chi connectivity index (χ3n) is 2.84. The molecule has 4 nitrogen and oxygen atoms in total. The van der Waals surface area contributed by atoms with Crippen molar-refractivity contribution in [1.29, 1.82) is 0 Å². The highest BCUT2D eigenvalue weighted by molar-refractivity contribution is 7.89. The van der Waals surface area contributed by atoms with Gasteiger partial charge in [-0.3, -0.25) is 0 Å². The highest BCUT2D eigenvalue weighted by Gasteiger charge is 2.28. The fraction of sp³-hybridized carbons (Fsp3) is 0.231. The number of nitrogens with one attached hydrogen (secondary N) is 1. The Labute approximate surface area is 137 Å². The van der Waals surface area contributed by atoms with Crippen molar-refractivity contribution in [2.75, 3.05) is 6.54 Å². The molecule has 0 aliphatic carbocycles. The average Bonchev–Trinajstić information content (AvgIpc) is 2.94. The zero-order chi connectivity index (χ0) is 15.7. The smallest absolute Gasteiger partial charge is 0.242 e. The Morgan fingerprint density at radius 3 is 2.67 bits per heavy atom. The van der Waals surface area contributed by atoms with Gasteiger partial charge in [-0.25, -0.2) is 13.1 Å². The molecule has 0 fully saturated rings. The summed E-state index contributed by atoms with van der Waals surface area (Å²) in [6.07, 6.45) is 0. The van der Waals surface area contributed by atoms with Crippen LogP contribution >= 0.6 is 34.5 Å². The summed E-state index contributed by atoms with van der Waals surface area (Å²) in [6.45, 7) is 1.37. The van der Waals surface area contributed by atoms with Gasteiger partial charge >= 0.3 is 0 Å². The Morgan fingerprint density at radius 2 is 2.05 bits per heavy atom. The van der Waals surface area contributed by atoms with Gasteiger partial charge in [-0.1, -0.05) is 29.3 Å². The molecule has 0 bridgehead atoms. The van der Waals surface area contributed by atoms with Crippen LogP contribution in [0.25, 0.3) is 0 Å². The molecule has 2 rings (SSSR count). The summed E-state index contributed by atoms with van der Waals surface area (Å²) in [5, 5.41) is 12.5. The van der Waals surface area contributed by atoms with Gasteiger partial charge in [0.25, 0.3) is 0 Å². The number of rotatable bonds is 5. The molecule has 0 radical (unpaired) electrons. The quantitative estimate of drug-likeness (QED) is 0.854. The van der Waals surface area contributed by atoms with Crippen molar-refractivity contribution in [2.24, 2.45) is 0 Å². The summed E-state index contributed by atoms with van der Waals surface area (Å²) in [6, 6.07) is 7.72. The number of halogens is 2. The first-order valence-electron chi connectivity index (χ1n) is 5.93. The van der Waals surface area contributed by atoms with Crippen LogP contribution in [-0.4, -0.2) is 20.1 Å². The lowest BCUT2D eigenvalue weighted by atomic mass is 10.1. The van der Waals surface area contributed by atoms with Crippen molar-refractivity contribution in [3.05, 3.63) is 50.6 Å². The Hall–Kier alpha value is -0.630. The maximum atomic E-state index is 12.3. The van der Waals surface area contributed by atoms with E-state index < -0.39 is 15.6 Å². The fourth-order valence-electron chi connectivity index (χ4n) is 1.67. The van der Waals surface area contributed by atoms with E-state index in [0.717, 1.165) is 0 Å². The van der Waals surface area contributed by atoms with E-state index in [4.69, 9.17) is 23.2 Å². The SMILES string of the molecule is CC(O)(CNS(=O)(=O)c1cc(Cl)ccc1Cl)c1cccs1. The maximum Gasteiger partial charge on any atom is 0.242 e. The van der Waals surface area contributed by atoms with Gasteiger partial charge in [-0.2, -0.15) is 0 Å². The van der Waals surface area contributed by atoms with E-state index in [1.165, 1.54) is 29.5 Å². The molecule has 0 aliphatic heterocycles. The zero-order valence-electron chi connectivity index (χ0n) is 11.0. The second-order valence-electron chi connectivity index (χ2n) is 4.65. The number of sulfonamides is 1. The first-order valence-corrected chi connectivity index (χ1v) is 9.05. The van der Waals surface area contributed by atoms with E-state index in [0.29, 0.717) is 4.88 Å². The summed E-state index contributed by atoms with van der Waals surface area (Å²) in [7, 11) is -3.86. The van der Waals surface area contributed by atoms with Gasteiger partial charge in [0.05, 0.1) is 5.02 Å². The first kappa shape index (κ1) is 16.7. The van der Waals surface area contributed by atoms with E-state index in [9.17, 15) is 13.5 Å². The summed E-state index contributed by atoms with van der Waals surface area (Å²) in [5.41, 5.74) is -1.30. The van der Waals surface area contributed by atoms with Crippen molar-refractivity contribution >= 4 is 44.6 Å². The fourth-order valence-corrected chi connectivity index (χ4v) is 4.35. The molecule has 1 heterocycles. The van der Waals surface area contributed by atoms with Crippen LogP contribution in [0.15, 0.2) is 40.6 Å². The maximum absolute atomic E-state index is 12.3. The molecule has 1 atom stereocenters. The molecule has 0 spiro atoms. The number of thiophene rings is 1. The highest BCUT2D eigenvalue weighted by atomic mass is 35.5. The van der Waals surface area contributed by atoms with Crippen molar-refractivity contribution in [2.45, 2.75) is 17.4 Å². The molecule has 21 heavy (non-hydrogen) atoms. The number of hydrogen-bond donors (Lipinski definition) is 2. The number of aliphatic hydroxyl groups is 1. The van der Waals surface area contributed by atoms with E-state index in [2.05, 4.69) is 4.72 Å². The normalized spacial score (nSPS) is 14.9. The minimum absolute atomic E-state index is 0.0719. The van der Waals surface area contributed by atoms with Crippen LogP contribution in [0.5, 0.6) is 0 Å². The molecule has 0 aliphatic rings. The van der Waals surface area contributed by atoms with E-state index >= 15 is 0 Å².